The minimum atomic E-state index is -3.76. The predicted molar refractivity (Wildman–Crippen MR) is 123 cm³/mol. The molecule has 4 rings (SSSR count). The van der Waals surface area contributed by atoms with E-state index in [1.165, 1.54) is 13.2 Å². The Morgan fingerprint density at radius 2 is 1.84 bits per heavy atom. The minimum Gasteiger partial charge on any atom is -0.467 e. The number of anilines is 1. The number of esters is 1. The summed E-state index contributed by atoms with van der Waals surface area (Å²) in [5.41, 5.74) is 1.82. The van der Waals surface area contributed by atoms with Gasteiger partial charge in [-0.05, 0) is 31.0 Å². The molecule has 1 aliphatic heterocycles. The lowest BCUT2D eigenvalue weighted by Crippen LogP contribution is -2.38. The molecule has 1 unspecified atom stereocenters. The number of nitrogens with zero attached hydrogens (tertiary/aromatic N) is 3. The molecule has 0 spiro atoms. The molecule has 2 heterocycles. The lowest BCUT2D eigenvalue weighted by Gasteiger charge is -2.25. The molecule has 1 saturated heterocycles. The second-order valence-corrected chi connectivity index (χ2v) is 10.4. The first kappa shape index (κ1) is 22.4. The van der Waals surface area contributed by atoms with E-state index in [0.717, 1.165) is 11.3 Å². The zero-order valence-electron chi connectivity index (χ0n) is 17.8. The summed E-state index contributed by atoms with van der Waals surface area (Å²) in [7, 11) is -2.45. The van der Waals surface area contributed by atoms with Crippen LogP contribution in [0.2, 0.25) is 5.02 Å². The zero-order valence-corrected chi connectivity index (χ0v) is 19.4. The number of halogens is 1. The molecule has 32 heavy (non-hydrogen) atoms. The topological polar surface area (TPSA) is 81.5 Å². The molecule has 3 aromatic rings. The fourth-order valence-electron chi connectivity index (χ4n) is 4.13. The molecule has 7 nitrogen and oxygen atoms in total. The normalized spacial score (nSPS) is 18.7. The number of rotatable bonds is 6. The maximum Gasteiger partial charge on any atom is 0.328 e. The fraction of sp³-hybridized carbons (Fsp3) is 0.304. The minimum absolute atomic E-state index is 0.0751. The molecule has 0 amide bonds. The molecule has 0 bridgehead atoms. The lowest BCUT2D eigenvalue weighted by atomic mass is 10.2. The van der Waals surface area contributed by atoms with Gasteiger partial charge in [0.15, 0.2) is 9.84 Å². The Labute approximate surface area is 192 Å². The van der Waals surface area contributed by atoms with Crippen LogP contribution < -0.4 is 4.90 Å². The van der Waals surface area contributed by atoms with Crippen molar-refractivity contribution in [2.24, 2.45) is 0 Å². The highest BCUT2D eigenvalue weighted by molar-refractivity contribution is 7.92. The Kier molecular flexibility index (Phi) is 6.26. The van der Waals surface area contributed by atoms with Crippen LogP contribution in [-0.4, -0.2) is 49.1 Å². The lowest BCUT2D eigenvalue weighted by molar-refractivity contribution is -0.141. The standard InChI is InChI=1S/C23H24ClN3O4S/c1-16-12-22(27(25-16)14-17-8-4-3-5-9-17)26-15-18(13-20(26)23(28)31-2)32(29,30)21-11-7-6-10-19(21)24/h3-12,18,20H,13-15H2,1-2H3/t18-,20?/m1/s1. The van der Waals surface area contributed by atoms with Gasteiger partial charge in [-0.15, -0.1) is 0 Å². The second-order valence-electron chi connectivity index (χ2n) is 7.81. The Morgan fingerprint density at radius 3 is 2.53 bits per heavy atom. The summed E-state index contributed by atoms with van der Waals surface area (Å²) in [6, 6.07) is 17.3. The Balaban J connectivity index is 1.71. The summed E-state index contributed by atoms with van der Waals surface area (Å²) in [6.07, 6.45) is 0.107. The van der Waals surface area contributed by atoms with Gasteiger partial charge < -0.3 is 9.64 Å². The molecule has 1 aliphatic rings. The molecular formula is C23H24ClN3O4S. The number of methoxy groups -OCH3 is 1. The first-order valence-electron chi connectivity index (χ1n) is 10.2. The molecule has 2 aromatic carbocycles. The van der Waals surface area contributed by atoms with E-state index >= 15 is 0 Å². The molecule has 0 radical (unpaired) electrons. The molecule has 2 atom stereocenters. The van der Waals surface area contributed by atoms with Crippen molar-refractivity contribution in [2.45, 2.75) is 36.1 Å². The Morgan fingerprint density at radius 1 is 1.16 bits per heavy atom. The van der Waals surface area contributed by atoms with Crippen LogP contribution in [0.3, 0.4) is 0 Å². The van der Waals surface area contributed by atoms with Crippen molar-refractivity contribution in [2.75, 3.05) is 18.6 Å². The smallest absolute Gasteiger partial charge is 0.328 e. The van der Waals surface area contributed by atoms with Crippen molar-refractivity contribution < 1.29 is 17.9 Å². The number of aromatic nitrogens is 2. The monoisotopic (exact) mass is 473 g/mol. The van der Waals surface area contributed by atoms with Gasteiger partial charge >= 0.3 is 5.97 Å². The predicted octanol–water partition coefficient (Wildman–Crippen LogP) is 3.49. The number of ether oxygens (including phenoxy) is 1. The first-order chi connectivity index (χ1) is 15.3. The van der Waals surface area contributed by atoms with Crippen LogP contribution in [-0.2, 0) is 25.9 Å². The molecule has 0 saturated carbocycles. The second kappa shape index (κ2) is 8.96. The first-order valence-corrected chi connectivity index (χ1v) is 12.1. The zero-order chi connectivity index (χ0) is 22.9. The van der Waals surface area contributed by atoms with Crippen molar-refractivity contribution in [1.29, 1.82) is 0 Å². The number of carbonyl (C=O) groups is 1. The number of hydrogen-bond donors (Lipinski definition) is 0. The van der Waals surface area contributed by atoms with Gasteiger partial charge in [-0.2, -0.15) is 5.10 Å². The number of benzene rings is 2. The van der Waals surface area contributed by atoms with Gasteiger partial charge in [-0.3, -0.25) is 0 Å². The van der Waals surface area contributed by atoms with Gasteiger partial charge in [-0.1, -0.05) is 54.1 Å². The van der Waals surface area contributed by atoms with E-state index < -0.39 is 27.1 Å². The van der Waals surface area contributed by atoms with Crippen LogP contribution in [0.25, 0.3) is 0 Å². The van der Waals surface area contributed by atoms with Crippen LogP contribution in [0.4, 0.5) is 5.82 Å². The summed E-state index contributed by atoms with van der Waals surface area (Å²) in [5, 5.41) is 3.94. The molecule has 0 N–H and O–H groups in total. The van der Waals surface area contributed by atoms with Gasteiger partial charge in [0.1, 0.15) is 11.9 Å². The van der Waals surface area contributed by atoms with Crippen LogP contribution >= 0.6 is 11.6 Å². The van der Waals surface area contributed by atoms with Crippen molar-refractivity contribution in [1.82, 2.24) is 9.78 Å². The molecule has 9 heteroatoms. The van der Waals surface area contributed by atoms with Crippen molar-refractivity contribution in [3.8, 4) is 0 Å². The maximum atomic E-state index is 13.4. The highest BCUT2D eigenvalue weighted by Gasteiger charge is 2.45. The van der Waals surface area contributed by atoms with Gasteiger partial charge in [0, 0.05) is 12.6 Å². The average Bonchev–Trinajstić information content (AvgIpc) is 3.38. The number of aryl methyl sites for hydroxylation is 1. The number of hydrogen-bond acceptors (Lipinski definition) is 6. The van der Waals surface area contributed by atoms with E-state index in [2.05, 4.69) is 5.10 Å². The maximum absolute atomic E-state index is 13.4. The molecule has 168 valence electrons. The van der Waals surface area contributed by atoms with E-state index in [-0.39, 0.29) is 22.9 Å². The van der Waals surface area contributed by atoms with E-state index in [4.69, 9.17) is 16.3 Å². The van der Waals surface area contributed by atoms with E-state index in [9.17, 15) is 13.2 Å². The number of sulfone groups is 1. The van der Waals surface area contributed by atoms with Crippen LogP contribution in [0, 0.1) is 6.92 Å². The van der Waals surface area contributed by atoms with Gasteiger partial charge in [0.2, 0.25) is 0 Å². The Hall–Kier alpha value is -2.84. The summed E-state index contributed by atoms with van der Waals surface area (Å²) in [4.78, 5) is 14.5. The van der Waals surface area contributed by atoms with Crippen molar-refractivity contribution >= 4 is 33.2 Å². The van der Waals surface area contributed by atoms with Gasteiger partial charge in [0.25, 0.3) is 0 Å². The van der Waals surface area contributed by atoms with Crippen LogP contribution in [0.15, 0.2) is 65.6 Å². The summed E-state index contributed by atoms with van der Waals surface area (Å²) < 4.78 is 33.6. The molecular weight excluding hydrogens is 450 g/mol. The summed E-state index contributed by atoms with van der Waals surface area (Å²) in [6.45, 7) is 2.50. The summed E-state index contributed by atoms with van der Waals surface area (Å²) in [5.74, 6) is 0.200. The average molecular weight is 474 g/mol. The summed E-state index contributed by atoms with van der Waals surface area (Å²) >= 11 is 6.19. The third kappa shape index (κ3) is 4.25. The van der Waals surface area contributed by atoms with Crippen LogP contribution in [0.1, 0.15) is 17.7 Å². The molecule has 1 fully saturated rings. The SMILES string of the molecule is COC(=O)C1C[C@@H](S(=O)(=O)c2ccccc2Cl)CN1c1cc(C)nn1Cc1ccccc1. The molecule has 1 aromatic heterocycles. The van der Waals surface area contributed by atoms with Crippen molar-refractivity contribution in [3.05, 3.63) is 76.9 Å². The van der Waals surface area contributed by atoms with Crippen molar-refractivity contribution in [3.63, 3.8) is 0 Å². The third-order valence-electron chi connectivity index (χ3n) is 5.67. The largest absolute Gasteiger partial charge is 0.467 e. The van der Waals surface area contributed by atoms with Gasteiger partial charge in [0.05, 0.1) is 34.5 Å². The van der Waals surface area contributed by atoms with E-state index in [1.807, 2.05) is 43.3 Å². The Bertz CT molecular complexity index is 1230. The van der Waals surface area contributed by atoms with Crippen LogP contribution in [0.5, 0.6) is 0 Å². The van der Waals surface area contributed by atoms with Gasteiger partial charge in [-0.25, -0.2) is 17.9 Å². The molecule has 0 aliphatic carbocycles. The van der Waals surface area contributed by atoms with E-state index in [0.29, 0.717) is 12.4 Å². The number of carbonyl (C=O) groups excluding carboxylic acids is 1. The fourth-order valence-corrected chi connectivity index (χ4v) is 6.34. The third-order valence-corrected chi connectivity index (χ3v) is 8.30. The van der Waals surface area contributed by atoms with E-state index in [1.54, 1.807) is 27.8 Å². The highest BCUT2D eigenvalue weighted by atomic mass is 35.5. The quantitative estimate of drug-likeness (QED) is 0.510. The highest BCUT2D eigenvalue weighted by Crippen LogP contribution is 2.35.